The Hall–Kier alpha value is -4.14. The molecule has 0 aliphatic carbocycles. The average molecular weight is 478 g/mol. The van der Waals surface area contributed by atoms with Crippen LogP contribution < -0.4 is 15.3 Å². The third-order valence-electron chi connectivity index (χ3n) is 7.81. The van der Waals surface area contributed by atoms with Crippen LogP contribution in [-0.2, 0) is 0 Å². The van der Waals surface area contributed by atoms with Crippen molar-refractivity contribution in [1.82, 2.24) is 0 Å². The Kier molecular flexibility index (Phi) is 4.67. The van der Waals surface area contributed by atoms with Crippen LogP contribution >= 0.6 is 0 Å². The van der Waals surface area contributed by atoms with Crippen molar-refractivity contribution in [2.45, 2.75) is 13.1 Å². The van der Waals surface area contributed by atoms with Crippen LogP contribution in [0.25, 0.3) is 32.7 Å². The molecule has 0 radical (unpaired) electrons. The highest BCUT2D eigenvalue weighted by Crippen LogP contribution is 2.43. The van der Waals surface area contributed by atoms with Gasteiger partial charge in [-0.15, -0.1) is 0 Å². The Labute approximate surface area is 213 Å². The third-order valence-corrected chi connectivity index (χ3v) is 11.4. The normalized spacial score (nSPS) is 13.5. The second kappa shape index (κ2) is 7.94. The van der Waals surface area contributed by atoms with E-state index in [2.05, 4.69) is 145 Å². The molecular formula is C34H27NSi. The number of hydrogen-bond donors (Lipinski definition) is 0. The molecular weight excluding hydrogens is 450 g/mol. The van der Waals surface area contributed by atoms with Gasteiger partial charge in [-0.1, -0.05) is 110 Å². The van der Waals surface area contributed by atoms with E-state index in [-0.39, 0.29) is 0 Å². The quantitative estimate of drug-likeness (QED) is 0.232. The van der Waals surface area contributed by atoms with Gasteiger partial charge in [0.15, 0.2) is 0 Å². The van der Waals surface area contributed by atoms with Gasteiger partial charge in [0.05, 0.1) is 5.69 Å². The zero-order valence-corrected chi connectivity index (χ0v) is 21.6. The second-order valence-electron chi connectivity index (χ2n) is 10.3. The highest BCUT2D eigenvalue weighted by Gasteiger charge is 2.39. The molecule has 0 saturated heterocycles. The first-order valence-electron chi connectivity index (χ1n) is 12.6. The molecule has 0 bridgehead atoms. The summed E-state index contributed by atoms with van der Waals surface area (Å²) in [6.07, 6.45) is 0. The van der Waals surface area contributed by atoms with Gasteiger partial charge >= 0.3 is 0 Å². The van der Waals surface area contributed by atoms with Crippen LogP contribution in [0.2, 0.25) is 13.1 Å². The van der Waals surface area contributed by atoms with E-state index in [9.17, 15) is 0 Å². The summed E-state index contributed by atoms with van der Waals surface area (Å²) in [6, 6.07) is 46.9. The highest BCUT2D eigenvalue weighted by molar-refractivity contribution is 7.04. The molecule has 6 aromatic rings. The van der Waals surface area contributed by atoms with E-state index < -0.39 is 8.07 Å². The fraction of sp³-hybridized carbons (Fsp3) is 0.0588. The number of fused-ring (bicyclic) bond motifs is 5. The largest absolute Gasteiger partial charge is 0.310 e. The standard InChI is InChI=1S/C34H27NSi/c1-36(2)32-16-8-7-14-30(32)34-31(15-9-17-33(34)36)35(28-20-18-24-10-3-5-12-26(24)22-28)29-21-19-25-11-4-6-13-27(25)23-29/h3-23H,1-2H3. The van der Waals surface area contributed by atoms with Crippen molar-refractivity contribution in [3.8, 4) is 11.1 Å². The molecule has 0 aromatic heterocycles. The summed E-state index contributed by atoms with van der Waals surface area (Å²) in [5, 5.41) is 8.08. The highest BCUT2D eigenvalue weighted by atomic mass is 28.3. The summed E-state index contributed by atoms with van der Waals surface area (Å²) >= 11 is 0. The van der Waals surface area contributed by atoms with Crippen molar-refractivity contribution in [3.05, 3.63) is 127 Å². The number of hydrogen-bond acceptors (Lipinski definition) is 1. The lowest BCUT2D eigenvalue weighted by molar-refractivity contribution is 1.30. The van der Waals surface area contributed by atoms with Crippen LogP contribution in [0.1, 0.15) is 0 Å². The van der Waals surface area contributed by atoms with Crippen LogP contribution in [0, 0.1) is 0 Å². The molecule has 0 unspecified atom stereocenters. The Morgan fingerprint density at radius 1 is 0.472 bits per heavy atom. The number of benzene rings is 6. The van der Waals surface area contributed by atoms with Crippen LogP contribution in [0.5, 0.6) is 0 Å². The SMILES string of the molecule is C[Si]1(C)c2ccccc2-c2c(N(c3ccc4ccccc4c3)c3ccc4ccccc4c3)cccc21. The van der Waals surface area contributed by atoms with Gasteiger partial charge in [-0.2, -0.15) is 0 Å². The summed E-state index contributed by atoms with van der Waals surface area (Å²) in [7, 11) is -1.77. The smallest absolute Gasteiger partial charge is 0.113 e. The predicted octanol–water partition coefficient (Wildman–Crippen LogP) is 8.27. The first-order valence-corrected chi connectivity index (χ1v) is 15.6. The van der Waals surface area contributed by atoms with Crippen LogP contribution in [-0.4, -0.2) is 8.07 Å². The summed E-state index contributed by atoms with van der Waals surface area (Å²) in [6.45, 7) is 4.97. The molecule has 6 aromatic carbocycles. The summed E-state index contributed by atoms with van der Waals surface area (Å²) in [5.74, 6) is 0. The molecule has 0 atom stereocenters. The fourth-order valence-electron chi connectivity index (χ4n) is 5.98. The molecule has 0 fully saturated rings. The lowest BCUT2D eigenvalue weighted by Crippen LogP contribution is -2.49. The summed E-state index contributed by atoms with van der Waals surface area (Å²) in [4.78, 5) is 2.46. The molecule has 0 amide bonds. The van der Waals surface area contributed by atoms with Crippen molar-refractivity contribution < 1.29 is 0 Å². The molecule has 1 nitrogen and oxygen atoms in total. The van der Waals surface area contributed by atoms with Gasteiger partial charge < -0.3 is 4.90 Å². The molecule has 2 heteroatoms. The number of anilines is 3. The predicted molar refractivity (Wildman–Crippen MR) is 158 cm³/mol. The Bertz CT molecular complexity index is 1700. The topological polar surface area (TPSA) is 3.24 Å². The zero-order valence-electron chi connectivity index (χ0n) is 20.6. The lowest BCUT2D eigenvalue weighted by Gasteiger charge is -2.29. The minimum absolute atomic E-state index is 1.18. The maximum atomic E-state index is 2.48. The monoisotopic (exact) mass is 477 g/mol. The van der Waals surface area contributed by atoms with Crippen molar-refractivity contribution in [2.24, 2.45) is 0 Å². The van der Waals surface area contributed by atoms with Crippen LogP contribution in [0.3, 0.4) is 0 Å². The Balaban J connectivity index is 1.53. The molecule has 0 saturated carbocycles. The van der Waals surface area contributed by atoms with Gasteiger partial charge in [0.25, 0.3) is 0 Å². The number of nitrogens with zero attached hydrogens (tertiary/aromatic N) is 1. The maximum absolute atomic E-state index is 2.48. The lowest BCUT2D eigenvalue weighted by atomic mass is 10.0. The molecule has 1 aliphatic heterocycles. The summed E-state index contributed by atoms with van der Waals surface area (Å²) in [5.41, 5.74) is 6.41. The van der Waals surface area contributed by atoms with Crippen molar-refractivity contribution in [2.75, 3.05) is 4.90 Å². The minimum atomic E-state index is -1.77. The van der Waals surface area contributed by atoms with Crippen molar-refractivity contribution in [3.63, 3.8) is 0 Å². The van der Waals surface area contributed by atoms with E-state index >= 15 is 0 Å². The summed E-state index contributed by atoms with van der Waals surface area (Å²) < 4.78 is 0. The first-order chi connectivity index (χ1) is 17.6. The van der Waals surface area contributed by atoms with Crippen molar-refractivity contribution in [1.29, 1.82) is 0 Å². The molecule has 1 aliphatic rings. The van der Waals surface area contributed by atoms with Gasteiger partial charge in [-0.3, -0.25) is 0 Å². The van der Waals surface area contributed by atoms with Gasteiger partial charge in [0.1, 0.15) is 8.07 Å². The molecule has 172 valence electrons. The van der Waals surface area contributed by atoms with Gasteiger partial charge in [-0.25, -0.2) is 0 Å². The van der Waals surface area contributed by atoms with E-state index in [1.54, 1.807) is 0 Å². The van der Waals surface area contributed by atoms with Crippen LogP contribution in [0.15, 0.2) is 127 Å². The van der Waals surface area contributed by atoms with E-state index in [0.29, 0.717) is 0 Å². The fourth-order valence-corrected chi connectivity index (χ4v) is 9.07. The Morgan fingerprint density at radius 3 is 1.64 bits per heavy atom. The molecule has 1 heterocycles. The second-order valence-corrected chi connectivity index (χ2v) is 14.6. The maximum Gasteiger partial charge on any atom is 0.113 e. The van der Waals surface area contributed by atoms with E-state index in [1.807, 2.05) is 0 Å². The third kappa shape index (κ3) is 3.15. The number of rotatable bonds is 3. The average Bonchev–Trinajstić information content (AvgIpc) is 3.16. The molecule has 0 spiro atoms. The van der Waals surface area contributed by atoms with Gasteiger partial charge in [-0.05, 0) is 67.8 Å². The molecule has 36 heavy (non-hydrogen) atoms. The van der Waals surface area contributed by atoms with E-state index in [1.165, 1.54) is 60.1 Å². The Morgan fingerprint density at radius 2 is 1.00 bits per heavy atom. The zero-order chi connectivity index (χ0) is 24.3. The van der Waals surface area contributed by atoms with E-state index in [4.69, 9.17) is 0 Å². The minimum Gasteiger partial charge on any atom is -0.310 e. The van der Waals surface area contributed by atoms with Crippen LogP contribution in [0.4, 0.5) is 17.1 Å². The van der Waals surface area contributed by atoms with E-state index in [0.717, 1.165) is 0 Å². The van der Waals surface area contributed by atoms with Gasteiger partial charge in [0, 0.05) is 16.9 Å². The molecule has 7 rings (SSSR count). The van der Waals surface area contributed by atoms with Crippen molar-refractivity contribution >= 4 is 57.1 Å². The molecule has 0 N–H and O–H groups in total. The first kappa shape index (κ1) is 21.2. The van der Waals surface area contributed by atoms with Gasteiger partial charge in [0.2, 0.25) is 0 Å².